The van der Waals surface area contributed by atoms with E-state index in [2.05, 4.69) is 116 Å². The van der Waals surface area contributed by atoms with Crippen LogP contribution < -0.4 is 23.5 Å². The van der Waals surface area contributed by atoms with Crippen molar-refractivity contribution in [3.8, 4) is 32.0 Å². The summed E-state index contributed by atoms with van der Waals surface area (Å²) in [4.78, 5) is 4.71. The van der Waals surface area contributed by atoms with Crippen molar-refractivity contribution in [2.24, 2.45) is 0 Å². The lowest BCUT2D eigenvalue weighted by Gasteiger charge is -2.17. The average Bonchev–Trinajstić information content (AvgIpc) is 2.79. The minimum atomic E-state index is -4.94. The second kappa shape index (κ2) is 10.7. The molecular weight excluding hydrogens is 446 g/mol. The zero-order valence-electron chi connectivity index (χ0n) is 17.6. The summed E-state index contributed by atoms with van der Waals surface area (Å²) in [5.41, 5.74) is 6.25. The van der Waals surface area contributed by atoms with Gasteiger partial charge in [-0.1, -0.05) is 48.5 Å². The maximum atomic E-state index is 8.49. The van der Waals surface area contributed by atoms with Gasteiger partial charge in [-0.25, -0.2) is 18.6 Å². The van der Waals surface area contributed by atoms with Gasteiger partial charge in [0.1, 0.15) is 0 Å². The van der Waals surface area contributed by atoms with E-state index in [0.29, 0.717) is 0 Å². The number of anilines is 1. The number of hydrogen-bond acceptors (Lipinski definition) is 5. The molecule has 1 aromatic heterocycles. The molecule has 0 N–H and O–H groups in total. The van der Waals surface area contributed by atoms with E-state index in [1.807, 2.05) is 11.3 Å². The molecule has 0 amide bonds. The first-order valence-electron chi connectivity index (χ1n) is 9.70. The fourth-order valence-electron chi connectivity index (χ4n) is 3.16. The van der Waals surface area contributed by atoms with E-state index in [1.165, 1.54) is 37.7 Å². The number of hydrogen-bond donors (Lipinski definition) is 0. The van der Waals surface area contributed by atoms with Crippen molar-refractivity contribution in [2.75, 3.05) is 19.0 Å². The molecule has 0 atom stereocenters. The molecule has 7 heteroatoms. The van der Waals surface area contributed by atoms with Crippen LogP contribution in [0.25, 0.3) is 32.0 Å². The van der Waals surface area contributed by atoms with Gasteiger partial charge in [0.25, 0.3) is 0 Å². The molecule has 0 spiro atoms. The molecule has 0 saturated heterocycles. The Labute approximate surface area is 193 Å². The quantitative estimate of drug-likeness (QED) is 0.429. The number of nitrogens with zero attached hydrogens (tertiary/aromatic N) is 1. The maximum Gasteiger partial charge on any atom is 0.246 e. The lowest BCUT2D eigenvalue weighted by Crippen LogP contribution is -2.68. The Balaban J connectivity index is 0.000000523. The average molecular weight is 468 g/mol. The van der Waals surface area contributed by atoms with Crippen LogP contribution in [0.3, 0.4) is 0 Å². The van der Waals surface area contributed by atoms with E-state index in [9.17, 15) is 0 Å². The van der Waals surface area contributed by atoms with Crippen LogP contribution in [0, 0.1) is 10.2 Å². The van der Waals surface area contributed by atoms with E-state index < -0.39 is 10.2 Å². The summed E-state index contributed by atoms with van der Waals surface area (Å²) in [6, 6.07) is 34.6. The first-order chi connectivity index (χ1) is 15.2. The van der Waals surface area contributed by atoms with Gasteiger partial charge < -0.3 is 4.90 Å². The number of benzene rings is 3. The summed E-state index contributed by atoms with van der Waals surface area (Å²) >= 11 is 1.85. The molecule has 0 unspecified atom stereocenters. The van der Waals surface area contributed by atoms with Gasteiger partial charge in [0.05, 0.1) is 0 Å². The minimum Gasteiger partial charge on any atom is -0.378 e. The van der Waals surface area contributed by atoms with E-state index in [1.54, 1.807) is 0 Å². The molecule has 0 bridgehead atoms. The Morgan fingerprint density at radius 1 is 0.594 bits per heavy atom. The molecule has 4 aromatic rings. The summed E-state index contributed by atoms with van der Waals surface area (Å²) in [6.07, 6.45) is 0. The predicted octanol–water partition coefficient (Wildman–Crippen LogP) is 2.34. The Bertz CT molecular complexity index is 1130. The van der Waals surface area contributed by atoms with E-state index in [4.69, 9.17) is 18.6 Å². The van der Waals surface area contributed by atoms with Crippen molar-refractivity contribution < 1.29 is 28.9 Å². The fourth-order valence-corrected chi connectivity index (χ4v) is 4.32. The molecule has 5 nitrogen and oxygen atoms in total. The number of rotatable bonds is 4. The molecule has 3 aromatic carbocycles. The molecule has 0 aliphatic carbocycles. The molecule has 0 radical (unpaired) electrons. The molecule has 0 aliphatic heterocycles. The number of halogens is 1. The van der Waals surface area contributed by atoms with Crippen molar-refractivity contribution in [1.29, 1.82) is 0 Å². The summed E-state index contributed by atoms with van der Waals surface area (Å²) in [6.45, 7) is 0. The smallest absolute Gasteiger partial charge is 0.246 e. The van der Waals surface area contributed by atoms with Crippen LogP contribution in [0.5, 0.6) is 0 Å². The van der Waals surface area contributed by atoms with Gasteiger partial charge in [-0.05, 0) is 48.0 Å². The van der Waals surface area contributed by atoms with Crippen LogP contribution in [0.1, 0.15) is 0 Å². The zero-order valence-corrected chi connectivity index (χ0v) is 19.2. The van der Waals surface area contributed by atoms with Crippen LogP contribution in [0.4, 0.5) is 5.69 Å². The molecule has 32 heavy (non-hydrogen) atoms. The standard InChI is InChI=1S/C25H22NS.ClHO4/c1-26(2)22-15-13-19(14-16-22)23-17-18-24(20-9-5-3-6-10-20)27-25(23)21-11-7-4-8-12-21;2-1(3,4)5/h3-18H,1-2H3;(H,2,3,4,5)/q+1;/p-1. The second-order valence-electron chi connectivity index (χ2n) is 7.09. The molecule has 164 valence electrons. The van der Waals surface area contributed by atoms with Gasteiger partial charge >= 0.3 is 0 Å². The van der Waals surface area contributed by atoms with Gasteiger partial charge in [-0.15, -0.1) is 10.2 Å². The lowest BCUT2D eigenvalue weighted by molar-refractivity contribution is -2.00. The largest absolute Gasteiger partial charge is 0.378 e. The summed E-state index contributed by atoms with van der Waals surface area (Å²) in [5, 5.41) is 0. The van der Waals surface area contributed by atoms with Crippen molar-refractivity contribution in [3.63, 3.8) is 0 Å². The molecule has 0 saturated carbocycles. The van der Waals surface area contributed by atoms with E-state index in [0.717, 1.165) is 0 Å². The monoisotopic (exact) mass is 467 g/mol. The highest BCUT2D eigenvalue weighted by atomic mass is 35.7. The molecular formula is C25H22ClNO4S. The Hall–Kier alpha value is -2.84. The van der Waals surface area contributed by atoms with Crippen LogP contribution >= 0.6 is 11.3 Å². The summed E-state index contributed by atoms with van der Waals surface area (Å²) in [5.74, 6) is 0. The zero-order chi connectivity index (χ0) is 23.1. The van der Waals surface area contributed by atoms with Crippen LogP contribution in [0.15, 0.2) is 97.1 Å². The second-order valence-corrected chi connectivity index (χ2v) is 8.90. The maximum absolute atomic E-state index is 8.49. The summed E-state index contributed by atoms with van der Waals surface area (Å²) in [7, 11) is -0.803. The van der Waals surface area contributed by atoms with Crippen molar-refractivity contribution in [2.45, 2.75) is 0 Å². The van der Waals surface area contributed by atoms with Crippen molar-refractivity contribution in [1.82, 2.24) is 0 Å². The summed E-state index contributed by atoms with van der Waals surface area (Å²) < 4.78 is 34.0. The van der Waals surface area contributed by atoms with Gasteiger partial charge in [0.15, 0.2) is 0 Å². The van der Waals surface area contributed by atoms with Crippen molar-refractivity contribution in [3.05, 3.63) is 97.1 Å². The Morgan fingerprint density at radius 2 is 1.09 bits per heavy atom. The highest BCUT2D eigenvalue weighted by molar-refractivity contribution is 7.18. The lowest BCUT2D eigenvalue weighted by atomic mass is 10.0. The first kappa shape index (κ1) is 23.8. The Kier molecular flexibility index (Phi) is 7.93. The molecule has 1 heterocycles. The van der Waals surface area contributed by atoms with Crippen LogP contribution in [0.2, 0.25) is 0 Å². The third-order valence-corrected chi connectivity index (χ3v) is 5.90. The Morgan fingerprint density at radius 3 is 1.59 bits per heavy atom. The third kappa shape index (κ3) is 6.83. The topological polar surface area (TPSA) is 95.5 Å². The van der Waals surface area contributed by atoms with Gasteiger partial charge in [0.2, 0.25) is 21.1 Å². The predicted molar refractivity (Wildman–Crippen MR) is 119 cm³/mol. The minimum absolute atomic E-state index is 1.21. The van der Waals surface area contributed by atoms with Gasteiger partial charge in [-0.3, -0.25) is 0 Å². The van der Waals surface area contributed by atoms with E-state index in [-0.39, 0.29) is 0 Å². The third-order valence-electron chi connectivity index (χ3n) is 4.65. The molecule has 4 rings (SSSR count). The first-order valence-corrected chi connectivity index (χ1v) is 11.7. The highest BCUT2D eigenvalue weighted by Crippen LogP contribution is 2.40. The molecule has 0 aliphatic rings. The normalized spacial score (nSPS) is 10.8. The highest BCUT2D eigenvalue weighted by Gasteiger charge is 2.21. The van der Waals surface area contributed by atoms with Crippen LogP contribution in [-0.2, 0) is 0 Å². The SMILES string of the molecule is CN(C)c1ccc(-c2ccc(-c3ccccc3)[s+]c2-c2ccccc2)cc1.[O-][Cl+3]([O-])([O-])[O-]. The van der Waals surface area contributed by atoms with Gasteiger partial charge in [0, 0.05) is 42.5 Å². The van der Waals surface area contributed by atoms with Gasteiger partial charge in [-0.2, -0.15) is 0 Å². The molecule has 0 fully saturated rings. The fraction of sp³-hybridized carbons (Fsp3) is 0.0800. The van der Waals surface area contributed by atoms with Crippen molar-refractivity contribution >= 4 is 17.0 Å². The van der Waals surface area contributed by atoms with Crippen LogP contribution in [-0.4, -0.2) is 14.1 Å². The van der Waals surface area contributed by atoms with E-state index >= 15 is 0 Å².